The van der Waals surface area contributed by atoms with Crippen LogP contribution in [-0.4, -0.2) is 30.7 Å². The standard InChI is InChI=1S/C15H26O3/c1-3-13(17-4-2)14(16)12-7-10-18-15(11-12)8-5-6-9-15/h12-13H,3-11H2,1-2H3. The Morgan fingerprint density at radius 3 is 2.72 bits per heavy atom. The van der Waals surface area contributed by atoms with Crippen molar-refractivity contribution in [2.45, 2.75) is 70.5 Å². The molecule has 3 heteroatoms. The summed E-state index contributed by atoms with van der Waals surface area (Å²) in [4.78, 5) is 12.5. The molecule has 1 heterocycles. The lowest BCUT2D eigenvalue weighted by molar-refractivity contribution is -0.146. The van der Waals surface area contributed by atoms with Gasteiger partial charge >= 0.3 is 0 Å². The molecule has 0 amide bonds. The van der Waals surface area contributed by atoms with Crippen molar-refractivity contribution in [1.29, 1.82) is 0 Å². The van der Waals surface area contributed by atoms with Crippen molar-refractivity contribution in [3.8, 4) is 0 Å². The number of carbonyl (C=O) groups excluding carboxylic acids is 1. The molecule has 104 valence electrons. The zero-order valence-electron chi connectivity index (χ0n) is 11.7. The van der Waals surface area contributed by atoms with Crippen LogP contribution in [0.25, 0.3) is 0 Å². The Balaban J connectivity index is 1.97. The summed E-state index contributed by atoms with van der Waals surface area (Å²) in [7, 11) is 0. The van der Waals surface area contributed by atoms with Gasteiger partial charge in [-0.1, -0.05) is 19.8 Å². The Morgan fingerprint density at radius 1 is 1.39 bits per heavy atom. The van der Waals surface area contributed by atoms with Crippen LogP contribution in [0.2, 0.25) is 0 Å². The Kier molecular flexibility index (Phi) is 4.79. The number of hydrogen-bond donors (Lipinski definition) is 0. The smallest absolute Gasteiger partial charge is 0.164 e. The molecule has 2 aliphatic rings. The highest BCUT2D eigenvalue weighted by molar-refractivity contribution is 5.85. The van der Waals surface area contributed by atoms with E-state index >= 15 is 0 Å². The fourth-order valence-corrected chi connectivity index (χ4v) is 3.50. The summed E-state index contributed by atoms with van der Waals surface area (Å²) in [5, 5.41) is 0. The van der Waals surface area contributed by atoms with E-state index < -0.39 is 0 Å². The van der Waals surface area contributed by atoms with Crippen LogP contribution in [-0.2, 0) is 14.3 Å². The summed E-state index contributed by atoms with van der Waals surface area (Å²) in [5.74, 6) is 0.474. The van der Waals surface area contributed by atoms with Crippen molar-refractivity contribution in [2.75, 3.05) is 13.2 Å². The lowest BCUT2D eigenvalue weighted by atomic mass is 9.81. The predicted molar refractivity (Wildman–Crippen MR) is 70.6 cm³/mol. The molecular formula is C15H26O3. The van der Waals surface area contributed by atoms with E-state index in [2.05, 4.69) is 0 Å². The van der Waals surface area contributed by atoms with Crippen LogP contribution in [0.1, 0.15) is 58.8 Å². The molecule has 2 rings (SSSR count). The summed E-state index contributed by atoms with van der Waals surface area (Å²) >= 11 is 0. The van der Waals surface area contributed by atoms with Crippen LogP contribution >= 0.6 is 0 Å². The zero-order chi connectivity index (χ0) is 13.0. The monoisotopic (exact) mass is 254 g/mol. The van der Waals surface area contributed by atoms with E-state index in [-0.39, 0.29) is 17.6 Å². The quantitative estimate of drug-likeness (QED) is 0.756. The van der Waals surface area contributed by atoms with E-state index in [1.807, 2.05) is 13.8 Å². The van der Waals surface area contributed by atoms with Crippen molar-refractivity contribution < 1.29 is 14.3 Å². The van der Waals surface area contributed by atoms with E-state index in [9.17, 15) is 4.79 Å². The minimum atomic E-state index is -0.198. The second-order valence-electron chi connectivity index (χ2n) is 5.68. The number of Topliss-reactive ketones (excluding diaryl/α,β-unsaturated/α-hetero) is 1. The lowest BCUT2D eigenvalue weighted by Crippen LogP contribution is -2.42. The van der Waals surface area contributed by atoms with E-state index in [1.54, 1.807) is 0 Å². The third-order valence-corrected chi connectivity index (χ3v) is 4.47. The molecule has 0 aromatic rings. The van der Waals surface area contributed by atoms with E-state index in [0.717, 1.165) is 38.7 Å². The average Bonchev–Trinajstić information content (AvgIpc) is 2.83. The third-order valence-electron chi connectivity index (χ3n) is 4.47. The largest absolute Gasteiger partial charge is 0.375 e. The van der Waals surface area contributed by atoms with Gasteiger partial charge in [0.15, 0.2) is 5.78 Å². The van der Waals surface area contributed by atoms with Gasteiger partial charge in [0, 0.05) is 19.1 Å². The van der Waals surface area contributed by atoms with Crippen molar-refractivity contribution in [1.82, 2.24) is 0 Å². The van der Waals surface area contributed by atoms with Crippen LogP contribution in [0.4, 0.5) is 0 Å². The molecular weight excluding hydrogens is 228 g/mol. The van der Waals surface area contributed by atoms with Crippen molar-refractivity contribution >= 4 is 5.78 Å². The molecule has 2 unspecified atom stereocenters. The van der Waals surface area contributed by atoms with Gasteiger partial charge in [0.2, 0.25) is 0 Å². The second-order valence-corrected chi connectivity index (χ2v) is 5.68. The fourth-order valence-electron chi connectivity index (χ4n) is 3.50. The molecule has 1 saturated heterocycles. The zero-order valence-corrected chi connectivity index (χ0v) is 11.7. The number of carbonyl (C=O) groups is 1. The molecule has 0 bridgehead atoms. The van der Waals surface area contributed by atoms with Gasteiger partial charge in [-0.15, -0.1) is 0 Å². The summed E-state index contributed by atoms with van der Waals surface area (Å²) < 4.78 is 11.6. The molecule has 1 spiro atoms. The Hall–Kier alpha value is -0.410. The minimum absolute atomic E-state index is 0.0308. The molecule has 1 aliphatic heterocycles. The first-order chi connectivity index (χ1) is 8.71. The summed E-state index contributed by atoms with van der Waals surface area (Å²) in [6.45, 7) is 5.36. The molecule has 3 nitrogen and oxygen atoms in total. The van der Waals surface area contributed by atoms with Crippen molar-refractivity contribution in [3.63, 3.8) is 0 Å². The lowest BCUT2D eigenvalue weighted by Gasteiger charge is -2.38. The third kappa shape index (κ3) is 2.94. The molecule has 1 saturated carbocycles. The molecule has 0 aromatic carbocycles. The Bertz CT molecular complexity index is 281. The first kappa shape index (κ1) is 14.0. The van der Waals surface area contributed by atoms with E-state index in [1.165, 1.54) is 12.8 Å². The number of ether oxygens (including phenoxy) is 2. The molecule has 1 aliphatic carbocycles. The highest BCUT2D eigenvalue weighted by Gasteiger charge is 2.42. The Morgan fingerprint density at radius 2 is 2.11 bits per heavy atom. The van der Waals surface area contributed by atoms with Gasteiger partial charge in [0.05, 0.1) is 5.60 Å². The van der Waals surface area contributed by atoms with Gasteiger partial charge in [-0.25, -0.2) is 0 Å². The molecule has 2 fully saturated rings. The SMILES string of the molecule is CCOC(CC)C(=O)C1CCOC2(CCCC2)C1. The van der Waals surface area contributed by atoms with E-state index in [4.69, 9.17) is 9.47 Å². The first-order valence-corrected chi connectivity index (χ1v) is 7.50. The number of hydrogen-bond acceptors (Lipinski definition) is 3. The topological polar surface area (TPSA) is 35.5 Å². The van der Waals surface area contributed by atoms with Gasteiger partial charge in [-0.2, -0.15) is 0 Å². The van der Waals surface area contributed by atoms with Crippen LogP contribution in [0.3, 0.4) is 0 Å². The maximum Gasteiger partial charge on any atom is 0.164 e. The molecule has 18 heavy (non-hydrogen) atoms. The van der Waals surface area contributed by atoms with Gasteiger partial charge in [-0.05, 0) is 39.0 Å². The maximum absolute atomic E-state index is 12.5. The van der Waals surface area contributed by atoms with E-state index in [0.29, 0.717) is 12.4 Å². The maximum atomic E-state index is 12.5. The minimum Gasteiger partial charge on any atom is -0.375 e. The van der Waals surface area contributed by atoms with Crippen molar-refractivity contribution in [3.05, 3.63) is 0 Å². The fraction of sp³-hybridized carbons (Fsp3) is 0.933. The summed E-state index contributed by atoms with van der Waals surface area (Å²) in [5.41, 5.74) is 0.0308. The van der Waals surface area contributed by atoms with Crippen molar-refractivity contribution in [2.24, 2.45) is 5.92 Å². The number of rotatable bonds is 5. The van der Waals surface area contributed by atoms with Gasteiger partial charge in [0.1, 0.15) is 6.10 Å². The highest BCUT2D eigenvalue weighted by atomic mass is 16.5. The van der Waals surface area contributed by atoms with Crippen LogP contribution in [0.5, 0.6) is 0 Å². The summed E-state index contributed by atoms with van der Waals surface area (Å²) in [6, 6.07) is 0. The van der Waals surface area contributed by atoms with Gasteiger partial charge in [-0.3, -0.25) is 4.79 Å². The van der Waals surface area contributed by atoms with Crippen LogP contribution in [0, 0.1) is 5.92 Å². The normalized spacial score (nSPS) is 28.4. The highest BCUT2D eigenvalue weighted by Crippen LogP contribution is 2.42. The molecule has 2 atom stereocenters. The second kappa shape index (κ2) is 6.16. The number of ketones is 1. The van der Waals surface area contributed by atoms with Crippen LogP contribution < -0.4 is 0 Å². The molecule has 0 radical (unpaired) electrons. The van der Waals surface area contributed by atoms with Gasteiger partial charge < -0.3 is 9.47 Å². The van der Waals surface area contributed by atoms with Crippen LogP contribution in [0.15, 0.2) is 0 Å². The molecule has 0 aromatic heterocycles. The first-order valence-electron chi connectivity index (χ1n) is 7.50. The Labute approximate surface area is 110 Å². The van der Waals surface area contributed by atoms with Gasteiger partial charge in [0.25, 0.3) is 0 Å². The average molecular weight is 254 g/mol. The predicted octanol–water partition coefficient (Wildman–Crippen LogP) is 3.11. The summed E-state index contributed by atoms with van der Waals surface area (Å²) in [6.07, 6.45) is 7.19. The molecule has 0 N–H and O–H groups in total.